The van der Waals surface area contributed by atoms with Crippen molar-refractivity contribution in [3.05, 3.63) is 69.8 Å². The fourth-order valence-electron chi connectivity index (χ4n) is 4.28. The third-order valence-electron chi connectivity index (χ3n) is 6.13. The summed E-state index contributed by atoms with van der Waals surface area (Å²) >= 11 is 0. The minimum absolute atomic E-state index is 0.0414. The Balaban J connectivity index is 1.53. The highest BCUT2D eigenvalue weighted by molar-refractivity contribution is 5.94. The van der Waals surface area contributed by atoms with Crippen molar-refractivity contribution in [2.45, 2.75) is 45.6 Å². The lowest BCUT2D eigenvalue weighted by molar-refractivity contribution is -0.384. The molecule has 1 aliphatic rings. The Morgan fingerprint density at radius 1 is 1.12 bits per heavy atom. The van der Waals surface area contributed by atoms with Gasteiger partial charge in [-0.2, -0.15) is 0 Å². The Labute approximate surface area is 194 Å². The van der Waals surface area contributed by atoms with Gasteiger partial charge in [0.1, 0.15) is 0 Å². The lowest BCUT2D eigenvalue weighted by atomic mass is 10.0. The molecule has 1 heterocycles. The van der Waals surface area contributed by atoms with Gasteiger partial charge in [-0.3, -0.25) is 24.6 Å². The first-order chi connectivity index (χ1) is 15.9. The fourth-order valence-corrected chi connectivity index (χ4v) is 4.28. The number of hydrogen-bond acceptors (Lipinski definition) is 5. The molecule has 0 bridgehead atoms. The first kappa shape index (κ1) is 24.4. The number of nitrogens with zero attached hydrogens (tertiary/aromatic N) is 3. The van der Waals surface area contributed by atoms with Crippen LogP contribution in [0.2, 0.25) is 0 Å². The molecule has 1 saturated heterocycles. The molecule has 0 unspecified atom stereocenters. The minimum Gasteiger partial charge on any atom is -0.339 e. The summed E-state index contributed by atoms with van der Waals surface area (Å²) in [5, 5.41) is 13.8. The standard InChI is InChI=1S/C25H32N4O4/c1-3-14-27(17-13-24(30)26-23-18-22(29(32)33)10-9-19(23)2)21-11-15-28(16-12-21)25(31)20-7-5-4-6-8-20/h4-10,18,21H,3,11-17H2,1-2H3,(H,26,30). The van der Waals surface area contributed by atoms with Crippen molar-refractivity contribution >= 4 is 23.2 Å². The molecule has 1 aliphatic heterocycles. The SMILES string of the molecule is CCCN(CCC(=O)Nc1cc([N+](=O)[O-])ccc1C)C1CCN(C(=O)c2ccccc2)CC1. The molecule has 1 fully saturated rings. The second-order valence-electron chi connectivity index (χ2n) is 8.48. The van der Waals surface area contributed by atoms with Gasteiger partial charge in [-0.15, -0.1) is 0 Å². The van der Waals surface area contributed by atoms with Crippen molar-refractivity contribution in [2.24, 2.45) is 0 Å². The van der Waals surface area contributed by atoms with Crippen molar-refractivity contribution < 1.29 is 14.5 Å². The number of piperidine rings is 1. The molecule has 3 rings (SSSR count). The predicted octanol–water partition coefficient (Wildman–Crippen LogP) is 4.25. The Bertz CT molecular complexity index is 972. The van der Waals surface area contributed by atoms with E-state index in [1.807, 2.05) is 42.2 Å². The van der Waals surface area contributed by atoms with Gasteiger partial charge in [-0.05, 0) is 50.4 Å². The summed E-state index contributed by atoms with van der Waals surface area (Å²) in [6, 6.07) is 14.2. The van der Waals surface area contributed by atoms with Crippen LogP contribution in [-0.2, 0) is 4.79 Å². The summed E-state index contributed by atoms with van der Waals surface area (Å²) in [7, 11) is 0. The normalized spacial score (nSPS) is 14.3. The smallest absolute Gasteiger partial charge is 0.271 e. The number of benzene rings is 2. The van der Waals surface area contributed by atoms with Gasteiger partial charge in [0.25, 0.3) is 11.6 Å². The molecule has 176 valence electrons. The number of amides is 2. The van der Waals surface area contributed by atoms with E-state index in [1.165, 1.54) is 12.1 Å². The molecule has 2 amide bonds. The van der Waals surface area contributed by atoms with Crippen LogP contribution in [0.25, 0.3) is 0 Å². The van der Waals surface area contributed by atoms with Crippen LogP contribution >= 0.6 is 0 Å². The molecule has 2 aromatic rings. The van der Waals surface area contributed by atoms with Crippen LogP contribution in [0.5, 0.6) is 0 Å². The number of hydrogen-bond donors (Lipinski definition) is 1. The summed E-state index contributed by atoms with van der Waals surface area (Å²) in [5.74, 6) is -0.0841. The van der Waals surface area contributed by atoms with Gasteiger partial charge in [-0.1, -0.05) is 31.2 Å². The predicted molar refractivity (Wildman–Crippen MR) is 128 cm³/mol. The number of rotatable bonds is 9. The van der Waals surface area contributed by atoms with E-state index < -0.39 is 4.92 Å². The van der Waals surface area contributed by atoms with Crippen molar-refractivity contribution in [2.75, 3.05) is 31.5 Å². The quantitative estimate of drug-likeness (QED) is 0.453. The molecule has 0 saturated carbocycles. The topological polar surface area (TPSA) is 95.8 Å². The zero-order chi connectivity index (χ0) is 23.8. The number of aryl methyl sites for hydroxylation is 1. The number of likely N-dealkylation sites (tertiary alicyclic amines) is 1. The van der Waals surface area contributed by atoms with Crippen LogP contribution in [0.4, 0.5) is 11.4 Å². The molecular weight excluding hydrogens is 420 g/mol. The summed E-state index contributed by atoms with van der Waals surface area (Å²) < 4.78 is 0. The maximum Gasteiger partial charge on any atom is 0.271 e. The second-order valence-corrected chi connectivity index (χ2v) is 8.48. The second kappa shape index (κ2) is 11.6. The largest absolute Gasteiger partial charge is 0.339 e. The highest BCUT2D eigenvalue weighted by atomic mass is 16.6. The van der Waals surface area contributed by atoms with E-state index in [9.17, 15) is 19.7 Å². The van der Waals surface area contributed by atoms with Gasteiger partial charge in [0, 0.05) is 49.8 Å². The first-order valence-electron chi connectivity index (χ1n) is 11.5. The van der Waals surface area contributed by atoms with Crippen LogP contribution in [0.3, 0.4) is 0 Å². The Kier molecular flexibility index (Phi) is 8.54. The number of nitro benzene ring substituents is 1. The number of carbonyl (C=O) groups is 2. The third-order valence-corrected chi connectivity index (χ3v) is 6.13. The Hall–Kier alpha value is -3.26. The van der Waals surface area contributed by atoms with Crippen molar-refractivity contribution in [1.82, 2.24) is 9.80 Å². The number of nitrogens with one attached hydrogen (secondary N) is 1. The molecule has 0 atom stereocenters. The molecule has 1 N–H and O–H groups in total. The molecule has 0 aliphatic carbocycles. The molecule has 0 aromatic heterocycles. The third kappa shape index (κ3) is 6.61. The van der Waals surface area contributed by atoms with Gasteiger partial charge >= 0.3 is 0 Å². The Morgan fingerprint density at radius 3 is 2.45 bits per heavy atom. The summed E-state index contributed by atoms with van der Waals surface area (Å²) in [4.78, 5) is 40.1. The van der Waals surface area contributed by atoms with Gasteiger partial charge in [0.15, 0.2) is 0 Å². The van der Waals surface area contributed by atoms with Crippen LogP contribution in [0.15, 0.2) is 48.5 Å². The van der Waals surface area contributed by atoms with Crippen LogP contribution < -0.4 is 5.32 Å². The first-order valence-corrected chi connectivity index (χ1v) is 11.5. The highest BCUT2D eigenvalue weighted by Crippen LogP contribution is 2.23. The lowest BCUT2D eigenvalue weighted by Gasteiger charge is -2.38. The van der Waals surface area contributed by atoms with Gasteiger partial charge < -0.3 is 10.2 Å². The number of nitro groups is 1. The Morgan fingerprint density at radius 2 is 1.82 bits per heavy atom. The summed E-state index contributed by atoms with van der Waals surface area (Å²) in [6.07, 6.45) is 3.05. The van der Waals surface area contributed by atoms with E-state index in [-0.39, 0.29) is 17.5 Å². The molecular formula is C25H32N4O4. The molecule has 0 spiro atoms. The van der Waals surface area contributed by atoms with Crippen molar-refractivity contribution in [1.29, 1.82) is 0 Å². The molecule has 8 nitrogen and oxygen atoms in total. The highest BCUT2D eigenvalue weighted by Gasteiger charge is 2.27. The zero-order valence-electron chi connectivity index (χ0n) is 19.3. The number of carbonyl (C=O) groups excluding carboxylic acids is 2. The van der Waals surface area contributed by atoms with Gasteiger partial charge in [-0.25, -0.2) is 0 Å². The monoisotopic (exact) mass is 452 g/mol. The summed E-state index contributed by atoms with van der Waals surface area (Å²) in [6.45, 7) is 6.85. The summed E-state index contributed by atoms with van der Waals surface area (Å²) in [5.41, 5.74) is 1.94. The van der Waals surface area contributed by atoms with Crippen LogP contribution in [-0.4, -0.2) is 58.8 Å². The maximum atomic E-state index is 12.7. The maximum absolute atomic E-state index is 12.7. The van der Waals surface area contributed by atoms with E-state index in [2.05, 4.69) is 17.1 Å². The van der Waals surface area contributed by atoms with E-state index in [1.54, 1.807) is 6.07 Å². The van der Waals surface area contributed by atoms with Gasteiger partial charge in [0.05, 0.1) is 10.6 Å². The number of non-ortho nitro benzene ring substituents is 1. The molecule has 33 heavy (non-hydrogen) atoms. The van der Waals surface area contributed by atoms with E-state index >= 15 is 0 Å². The van der Waals surface area contributed by atoms with Crippen LogP contribution in [0, 0.1) is 17.0 Å². The zero-order valence-corrected chi connectivity index (χ0v) is 19.3. The fraction of sp³-hybridized carbons (Fsp3) is 0.440. The van der Waals surface area contributed by atoms with E-state index in [4.69, 9.17) is 0 Å². The molecule has 0 radical (unpaired) electrons. The van der Waals surface area contributed by atoms with Gasteiger partial charge in [0.2, 0.25) is 5.91 Å². The van der Waals surface area contributed by atoms with Crippen molar-refractivity contribution in [3.8, 4) is 0 Å². The van der Waals surface area contributed by atoms with E-state index in [0.29, 0.717) is 37.8 Å². The average Bonchev–Trinajstić information content (AvgIpc) is 2.83. The van der Waals surface area contributed by atoms with E-state index in [0.717, 1.165) is 36.9 Å². The molecule has 2 aromatic carbocycles. The average molecular weight is 453 g/mol. The minimum atomic E-state index is -0.465. The molecule has 8 heteroatoms. The van der Waals surface area contributed by atoms with Crippen molar-refractivity contribution in [3.63, 3.8) is 0 Å². The lowest BCUT2D eigenvalue weighted by Crippen LogP contribution is -2.47. The van der Waals surface area contributed by atoms with Crippen LogP contribution in [0.1, 0.15) is 48.5 Å². The number of anilines is 1.